The van der Waals surface area contributed by atoms with Gasteiger partial charge in [0.2, 0.25) is 11.8 Å². The van der Waals surface area contributed by atoms with E-state index in [0.29, 0.717) is 44.7 Å². The summed E-state index contributed by atoms with van der Waals surface area (Å²) in [6.45, 7) is 2.74. The van der Waals surface area contributed by atoms with Crippen molar-refractivity contribution in [1.29, 1.82) is 0 Å². The van der Waals surface area contributed by atoms with Crippen molar-refractivity contribution in [3.8, 4) is 0 Å². The number of benzene rings is 1. The van der Waals surface area contributed by atoms with Gasteiger partial charge in [-0.3, -0.25) is 14.5 Å². The van der Waals surface area contributed by atoms with Crippen LogP contribution in [0.4, 0.5) is 8.78 Å². The molecule has 5 aliphatic rings. The van der Waals surface area contributed by atoms with Gasteiger partial charge >= 0.3 is 0 Å². The molecule has 5 fully saturated rings. The van der Waals surface area contributed by atoms with Gasteiger partial charge in [-0.05, 0) is 73.0 Å². The van der Waals surface area contributed by atoms with Gasteiger partial charge in [-0.2, -0.15) is 0 Å². The second kappa shape index (κ2) is 8.56. The van der Waals surface area contributed by atoms with E-state index in [-0.39, 0.29) is 28.8 Å². The fraction of sp³-hybridized carbons (Fsp3) is 0.667. The van der Waals surface area contributed by atoms with Gasteiger partial charge in [0.05, 0.1) is 6.54 Å². The summed E-state index contributed by atoms with van der Waals surface area (Å²) in [5, 5.41) is 3.07. The molecular formula is C24H30ClF2N3O2. The predicted molar refractivity (Wildman–Crippen MR) is 117 cm³/mol. The van der Waals surface area contributed by atoms with E-state index in [1.165, 1.54) is 32.1 Å². The topological polar surface area (TPSA) is 52.7 Å². The molecule has 6 rings (SSSR count). The number of rotatable bonds is 6. The molecule has 4 aliphatic carbocycles. The number of halogens is 3. The second-order valence-electron chi connectivity index (χ2n) is 10.4. The first-order valence-electron chi connectivity index (χ1n) is 11.7. The second-order valence-corrected chi connectivity index (χ2v) is 10.8. The molecule has 8 heteroatoms. The molecule has 2 amide bonds. The minimum atomic E-state index is -0.955. The summed E-state index contributed by atoms with van der Waals surface area (Å²) in [6, 6.07) is 2.13. The number of carbonyl (C=O) groups is 2. The molecule has 4 saturated carbocycles. The van der Waals surface area contributed by atoms with Crippen molar-refractivity contribution in [2.24, 2.45) is 23.2 Å². The molecule has 0 radical (unpaired) electrons. The standard InChI is InChI=1S/C24H30ClF2N3O2/c25-19-8-21(27)20(26)7-18(19)14-29-1-3-30(4-2-29)23(32)13-28-22(31)12-24-9-15-5-16(10-24)17(6-15)11-24/h7-8,15-17H,1-6,9-14H2,(H,28,31). The van der Waals surface area contributed by atoms with Crippen molar-refractivity contribution in [1.82, 2.24) is 15.1 Å². The number of nitrogens with one attached hydrogen (secondary N) is 1. The number of hydrogen-bond acceptors (Lipinski definition) is 3. The van der Waals surface area contributed by atoms with E-state index in [0.717, 1.165) is 29.9 Å². The van der Waals surface area contributed by atoms with Crippen LogP contribution in [0.25, 0.3) is 0 Å². The highest BCUT2D eigenvalue weighted by molar-refractivity contribution is 6.31. The van der Waals surface area contributed by atoms with Gasteiger partial charge in [0.1, 0.15) is 0 Å². The third kappa shape index (κ3) is 4.38. The first kappa shape index (κ1) is 22.1. The molecule has 0 aromatic heterocycles. The number of carbonyl (C=O) groups excluding carboxylic acids is 2. The number of hydrogen-bond donors (Lipinski definition) is 1. The fourth-order valence-electron chi connectivity index (χ4n) is 6.97. The molecule has 1 aromatic rings. The van der Waals surface area contributed by atoms with Crippen molar-refractivity contribution in [3.63, 3.8) is 0 Å². The zero-order chi connectivity index (χ0) is 22.5. The van der Waals surface area contributed by atoms with E-state index in [9.17, 15) is 18.4 Å². The van der Waals surface area contributed by atoms with Crippen molar-refractivity contribution in [2.45, 2.75) is 45.1 Å². The van der Waals surface area contributed by atoms with Crippen molar-refractivity contribution in [3.05, 3.63) is 34.4 Å². The van der Waals surface area contributed by atoms with Gasteiger partial charge in [-0.25, -0.2) is 8.78 Å². The molecule has 174 valence electrons. The SMILES string of the molecule is O=C(CC12CC3CC(C1)C(C3)C2)NCC(=O)N1CCN(Cc2cc(F)c(F)cc2Cl)CC1. The highest BCUT2D eigenvalue weighted by Crippen LogP contribution is 2.65. The van der Waals surface area contributed by atoms with Gasteiger partial charge in [-0.1, -0.05) is 11.6 Å². The van der Waals surface area contributed by atoms with Crippen LogP contribution < -0.4 is 5.32 Å². The van der Waals surface area contributed by atoms with Crippen LogP contribution in [-0.2, 0) is 16.1 Å². The Labute approximate surface area is 192 Å². The molecule has 2 unspecified atom stereocenters. The van der Waals surface area contributed by atoms with Gasteiger partial charge in [-0.15, -0.1) is 0 Å². The normalized spacial score (nSPS) is 31.3. The lowest BCUT2D eigenvalue weighted by Crippen LogP contribution is -2.51. The summed E-state index contributed by atoms with van der Waals surface area (Å²) in [6.07, 6.45) is 6.86. The molecule has 2 atom stereocenters. The summed E-state index contributed by atoms with van der Waals surface area (Å²) >= 11 is 6.04. The van der Waals surface area contributed by atoms with Crippen LogP contribution in [0.3, 0.4) is 0 Å². The summed E-state index contributed by atoms with van der Waals surface area (Å²) in [4.78, 5) is 29.0. The third-order valence-electron chi connectivity index (χ3n) is 8.23. The fourth-order valence-corrected chi connectivity index (χ4v) is 7.18. The summed E-state index contributed by atoms with van der Waals surface area (Å²) in [5.74, 6) is 0.556. The lowest BCUT2D eigenvalue weighted by Gasteiger charge is -2.38. The summed E-state index contributed by atoms with van der Waals surface area (Å²) in [5.41, 5.74) is 0.725. The Morgan fingerprint density at radius 1 is 1.03 bits per heavy atom. The Bertz CT molecular complexity index is 899. The maximum atomic E-state index is 13.5. The zero-order valence-electron chi connectivity index (χ0n) is 18.2. The molecule has 1 aromatic carbocycles. The van der Waals surface area contributed by atoms with Gasteiger partial charge < -0.3 is 10.2 Å². The average molecular weight is 466 g/mol. The summed E-state index contributed by atoms with van der Waals surface area (Å²) < 4.78 is 26.8. The first-order chi connectivity index (χ1) is 15.3. The molecule has 4 bridgehead atoms. The molecule has 1 saturated heterocycles. The first-order valence-corrected chi connectivity index (χ1v) is 12.1. The van der Waals surface area contributed by atoms with Gasteiger partial charge in [0, 0.05) is 44.2 Å². The van der Waals surface area contributed by atoms with Crippen LogP contribution in [0, 0.1) is 34.8 Å². The van der Waals surface area contributed by atoms with Crippen LogP contribution in [0.5, 0.6) is 0 Å². The number of nitrogens with zero attached hydrogens (tertiary/aromatic N) is 2. The van der Waals surface area contributed by atoms with Crippen LogP contribution in [0.15, 0.2) is 12.1 Å². The lowest BCUT2D eigenvalue weighted by atomic mass is 9.67. The molecular weight excluding hydrogens is 436 g/mol. The van der Waals surface area contributed by atoms with Crippen molar-refractivity contribution in [2.75, 3.05) is 32.7 Å². The minimum absolute atomic E-state index is 0.00640. The Kier molecular flexibility index (Phi) is 5.91. The van der Waals surface area contributed by atoms with E-state index in [4.69, 9.17) is 11.6 Å². The van der Waals surface area contributed by atoms with E-state index in [2.05, 4.69) is 10.2 Å². The molecule has 1 N–H and O–H groups in total. The minimum Gasteiger partial charge on any atom is -0.347 e. The van der Waals surface area contributed by atoms with E-state index < -0.39 is 11.6 Å². The Hall–Kier alpha value is -1.73. The predicted octanol–water partition coefficient (Wildman–Crippen LogP) is 3.60. The van der Waals surface area contributed by atoms with Crippen LogP contribution in [0.2, 0.25) is 5.02 Å². The monoisotopic (exact) mass is 465 g/mol. The van der Waals surface area contributed by atoms with Crippen molar-refractivity contribution >= 4 is 23.4 Å². The van der Waals surface area contributed by atoms with E-state index in [1.54, 1.807) is 4.90 Å². The molecule has 32 heavy (non-hydrogen) atoms. The average Bonchev–Trinajstić information content (AvgIpc) is 3.16. The molecule has 0 spiro atoms. The quantitative estimate of drug-likeness (QED) is 0.653. The molecule has 1 heterocycles. The van der Waals surface area contributed by atoms with Crippen molar-refractivity contribution < 1.29 is 18.4 Å². The van der Waals surface area contributed by atoms with E-state index in [1.807, 2.05) is 0 Å². The van der Waals surface area contributed by atoms with Gasteiger partial charge in [0.15, 0.2) is 11.6 Å². The molecule has 5 nitrogen and oxygen atoms in total. The Morgan fingerprint density at radius 3 is 2.34 bits per heavy atom. The Morgan fingerprint density at radius 2 is 1.69 bits per heavy atom. The van der Waals surface area contributed by atoms with Gasteiger partial charge in [0.25, 0.3) is 0 Å². The third-order valence-corrected chi connectivity index (χ3v) is 8.58. The maximum absolute atomic E-state index is 13.5. The van der Waals surface area contributed by atoms with Crippen LogP contribution >= 0.6 is 11.6 Å². The Balaban J connectivity index is 1.05. The maximum Gasteiger partial charge on any atom is 0.242 e. The highest BCUT2D eigenvalue weighted by atomic mass is 35.5. The smallest absolute Gasteiger partial charge is 0.242 e. The summed E-state index contributed by atoms with van der Waals surface area (Å²) in [7, 11) is 0. The highest BCUT2D eigenvalue weighted by Gasteiger charge is 2.56. The molecule has 1 aliphatic heterocycles. The van der Waals surface area contributed by atoms with Crippen LogP contribution in [0.1, 0.15) is 44.1 Å². The van der Waals surface area contributed by atoms with E-state index >= 15 is 0 Å². The zero-order valence-corrected chi connectivity index (χ0v) is 19.0. The number of amides is 2. The van der Waals surface area contributed by atoms with Crippen LogP contribution in [-0.4, -0.2) is 54.3 Å². The largest absolute Gasteiger partial charge is 0.347 e. The number of piperazine rings is 1. The lowest BCUT2D eigenvalue weighted by molar-refractivity contribution is -0.135.